The minimum absolute atomic E-state index is 0.111. The SMILES string of the molecule is Cc1cc(N)ccc1OCc1cc(=O)c(O)co1. The molecule has 18 heavy (non-hydrogen) atoms. The van der Waals surface area contributed by atoms with Gasteiger partial charge < -0.3 is 20.0 Å². The number of aryl methyl sites for hydroxylation is 1. The Morgan fingerprint density at radius 2 is 2.17 bits per heavy atom. The minimum atomic E-state index is -0.492. The Morgan fingerprint density at radius 3 is 2.83 bits per heavy atom. The Morgan fingerprint density at radius 1 is 1.39 bits per heavy atom. The average molecular weight is 247 g/mol. The fraction of sp³-hybridized carbons (Fsp3) is 0.154. The molecule has 0 amide bonds. The van der Waals surface area contributed by atoms with Gasteiger partial charge in [-0.15, -0.1) is 0 Å². The number of ether oxygens (including phenoxy) is 1. The van der Waals surface area contributed by atoms with Gasteiger partial charge in [0.25, 0.3) is 0 Å². The summed E-state index contributed by atoms with van der Waals surface area (Å²) in [5, 5.41) is 9.04. The third-order valence-electron chi connectivity index (χ3n) is 2.44. The van der Waals surface area contributed by atoms with E-state index in [1.165, 1.54) is 6.07 Å². The summed E-state index contributed by atoms with van der Waals surface area (Å²) in [5.41, 5.74) is 6.70. The summed E-state index contributed by atoms with van der Waals surface area (Å²) >= 11 is 0. The molecule has 0 radical (unpaired) electrons. The predicted octanol–water partition coefficient (Wildman–Crippen LogP) is 1.82. The molecule has 3 N–H and O–H groups in total. The number of nitrogen functional groups attached to an aromatic ring is 1. The summed E-state index contributed by atoms with van der Waals surface area (Å²) in [6.45, 7) is 1.99. The van der Waals surface area contributed by atoms with E-state index in [1.807, 2.05) is 6.92 Å². The van der Waals surface area contributed by atoms with E-state index in [0.717, 1.165) is 11.8 Å². The van der Waals surface area contributed by atoms with Crippen molar-refractivity contribution in [3.8, 4) is 11.5 Å². The first kappa shape index (κ1) is 12.0. The van der Waals surface area contributed by atoms with E-state index in [9.17, 15) is 4.79 Å². The highest BCUT2D eigenvalue weighted by atomic mass is 16.5. The highest BCUT2D eigenvalue weighted by molar-refractivity contribution is 5.47. The van der Waals surface area contributed by atoms with Crippen LogP contribution in [0.4, 0.5) is 5.69 Å². The van der Waals surface area contributed by atoms with Gasteiger partial charge in [0.05, 0.1) is 0 Å². The van der Waals surface area contributed by atoms with Gasteiger partial charge >= 0.3 is 0 Å². The van der Waals surface area contributed by atoms with Crippen molar-refractivity contribution in [2.75, 3.05) is 5.73 Å². The third-order valence-corrected chi connectivity index (χ3v) is 2.44. The minimum Gasteiger partial charge on any atom is -0.502 e. The van der Waals surface area contributed by atoms with Crippen LogP contribution < -0.4 is 15.9 Å². The fourth-order valence-corrected chi connectivity index (χ4v) is 1.50. The molecule has 0 aliphatic carbocycles. The lowest BCUT2D eigenvalue weighted by Crippen LogP contribution is -2.03. The van der Waals surface area contributed by atoms with E-state index in [4.69, 9.17) is 20.0 Å². The average Bonchev–Trinajstić information content (AvgIpc) is 2.32. The smallest absolute Gasteiger partial charge is 0.226 e. The van der Waals surface area contributed by atoms with Crippen molar-refractivity contribution in [2.24, 2.45) is 0 Å². The number of benzene rings is 1. The van der Waals surface area contributed by atoms with Gasteiger partial charge in [-0.3, -0.25) is 4.79 Å². The second-order valence-electron chi connectivity index (χ2n) is 3.91. The van der Waals surface area contributed by atoms with Crippen LogP contribution in [0.1, 0.15) is 11.3 Å². The first-order valence-corrected chi connectivity index (χ1v) is 5.36. The van der Waals surface area contributed by atoms with Crippen molar-refractivity contribution in [2.45, 2.75) is 13.5 Å². The quantitative estimate of drug-likeness (QED) is 0.808. The molecule has 0 atom stereocenters. The molecule has 1 aromatic carbocycles. The van der Waals surface area contributed by atoms with Crippen LogP contribution >= 0.6 is 0 Å². The lowest BCUT2D eigenvalue weighted by atomic mass is 10.2. The number of nitrogens with two attached hydrogens (primary N) is 1. The molecule has 0 fully saturated rings. The van der Waals surface area contributed by atoms with Gasteiger partial charge in [0.1, 0.15) is 24.4 Å². The number of aromatic hydroxyl groups is 1. The summed E-state index contributed by atoms with van der Waals surface area (Å²) in [4.78, 5) is 11.2. The highest BCUT2D eigenvalue weighted by Gasteiger charge is 2.04. The number of hydrogen-bond acceptors (Lipinski definition) is 5. The highest BCUT2D eigenvalue weighted by Crippen LogP contribution is 2.21. The van der Waals surface area contributed by atoms with E-state index < -0.39 is 11.2 Å². The number of rotatable bonds is 3. The molecule has 1 aromatic heterocycles. The fourth-order valence-electron chi connectivity index (χ4n) is 1.50. The number of anilines is 1. The molecule has 94 valence electrons. The molecule has 1 heterocycles. The molecule has 0 aliphatic rings. The van der Waals surface area contributed by atoms with Crippen molar-refractivity contribution in [3.05, 3.63) is 52.1 Å². The van der Waals surface area contributed by atoms with Crippen LogP contribution in [0, 0.1) is 6.92 Å². The molecule has 0 aliphatic heterocycles. The van der Waals surface area contributed by atoms with Gasteiger partial charge in [-0.1, -0.05) is 0 Å². The second kappa shape index (κ2) is 4.83. The molecule has 2 aromatic rings. The van der Waals surface area contributed by atoms with Crippen molar-refractivity contribution >= 4 is 5.69 Å². The molecule has 0 bridgehead atoms. The summed E-state index contributed by atoms with van der Waals surface area (Å²) in [6, 6.07) is 6.48. The van der Waals surface area contributed by atoms with Crippen molar-refractivity contribution in [1.82, 2.24) is 0 Å². The van der Waals surface area contributed by atoms with Crippen molar-refractivity contribution in [3.63, 3.8) is 0 Å². The van der Waals surface area contributed by atoms with Crippen LogP contribution in [0.5, 0.6) is 11.5 Å². The standard InChI is InChI=1S/C13H13NO4/c1-8-4-9(14)2-3-13(8)18-6-10-5-11(15)12(16)7-17-10/h2-5,7,16H,6,14H2,1H3. The molecule has 0 spiro atoms. The van der Waals surface area contributed by atoms with Gasteiger partial charge in [0.15, 0.2) is 5.75 Å². The molecule has 0 saturated heterocycles. The maximum Gasteiger partial charge on any atom is 0.226 e. The summed E-state index contributed by atoms with van der Waals surface area (Å²) in [6.07, 6.45) is 0.997. The first-order chi connectivity index (χ1) is 8.56. The Labute approximate surface area is 103 Å². The zero-order chi connectivity index (χ0) is 13.1. The summed E-state index contributed by atoms with van der Waals surface area (Å²) in [7, 11) is 0. The first-order valence-electron chi connectivity index (χ1n) is 5.36. The summed E-state index contributed by atoms with van der Waals surface area (Å²) in [5.74, 6) is 0.594. The maximum absolute atomic E-state index is 11.2. The van der Waals surface area contributed by atoms with Crippen LogP contribution in [0.25, 0.3) is 0 Å². The monoisotopic (exact) mass is 247 g/mol. The van der Waals surface area contributed by atoms with Crippen LogP contribution in [0.2, 0.25) is 0 Å². The van der Waals surface area contributed by atoms with Gasteiger partial charge in [0.2, 0.25) is 5.43 Å². The van der Waals surface area contributed by atoms with E-state index in [1.54, 1.807) is 18.2 Å². The Balaban J connectivity index is 2.11. The van der Waals surface area contributed by atoms with Crippen LogP contribution in [-0.4, -0.2) is 5.11 Å². The van der Waals surface area contributed by atoms with Crippen LogP contribution in [0.15, 0.2) is 39.7 Å². The Kier molecular flexibility index (Phi) is 3.23. The Bertz CT molecular complexity index is 619. The molecule has 0 unspecified atom stereocenters. The molecular formula is C13H13NO4. The van der Waals surface area contributed by atoms with Gasteiger partial charge in [-0.25, -0.2) is 0 Å². The predicted molar refractivity (Wildman–Crippen MR) is 66.6 cm³/mol. The largest absolute Gasteiger partial charge is 0.502 e. The van der Waals surface area contributed by atoms with E-state index >= 15 is 0 Å². The number of hydrogen-bond donors (Lipinski definition) is 2. The molecule has 5 heteroatoms. The van der Waals surface area contributed by atoms with Crippen molar-refractivity contribution < 1.29 is 14.3 Å². The lowest BCUT2D eigenvalue weighted by Gasteiger charge is -2.08. The normalized spacial score (nSPS) is 10.3. The topological polar surface area (TPSA) is 85.7 Å². The van der Waals surface area contributed by atoms with Crippen molar-refractivity contribution in [1.29, 1.82) is 0 Å². The maximum atomic E-state index is 11.2. The zero-order valence-corrected chi connectivity index (χ0v) is 9.84. The van der Waals surface area contributed by atoms with E-state index in [0.29, 0.717) is 17.2 Å². The molecular weight excluding hydrogens is 234 g/mol. The molecule has 5 nitrogen and oxygen atoms in total. The second-order valence-corrected chi connectivity index (χ2v) is 3.91. The summed E-state index contributed by atoms with van der Waals surface area (Å²) < 4.78 is 10.5. The van der Waals surface area contributed by atoms with E-state index in [2.05, 4.69) is 0 Å². The van der Waals surface area contributed by atoms with Crippen LogP contribution in [0.3, 0.4) is 0 Å². The molecule has 2 rings (SSSR count). The molecule has 0 saturated carbocycles. The Hall–Kier alpha value is -2.43. The van der Waals surface area contributed by atoms with Gasteiger partial charge in [0, 0.05) is 11.8 Å². The van der Waals surface area contributed by atoms with Gasteiger partial charge in [-0.2, -0.15) is 0 Å². The van der Waals surface area contributed by atoms with Gasteiger partial charge in [-0.05, 0) is 30.7 Å². The third kappa shape index (κ3) is 2.63. The lowest BCUT2D eigenvalue weighted by molar-refractivity contribution is 0.262. The zero-order valence-electron chi connectivity index (χ0n) is 9.84. The van der Waals surface area contributed by atoms with E-state index in [-0.39, 0.29) is 6.61 Å². The van der Waals surface area contributed by atoms with Crippen LogP contribution in [-0.2, 0) is 6.61 Å².